The van der Waals surface area contributed by atoms with Crippen LogP contribution in [0.1, 0.15) is 32.8 Å². The predicted molar refractivity (Wildman–Crippen MR) is 77.0 cm³/mol. The zero-order valence-corrected chi connectivity index (χ0v) is 11.9. The van der Waals surface area contributed by atoms with Gasteiger partial charge in [-0.25, -0.2) is 4.52 Å². The molecule has 2 rings (SSSR count). The highest BCUT2D eigenvalue weighted by molar-refractivity contribution is 5.53. The van der Waals surface area contributed by atoms with E-state index in [1.807, 2.05) is 36.0 Å². The Labute approximate surface area is 114 Å². The van der Waals surface area contributed by atoms with Crippen LogP contribution in [0, 0.1) is 5.92 Å². The summed E-state index contributed by atoms with van der Waals surface area (Å²) in [7, 11) is 0. The fourth-order valence-electron chi connectivity index (χ4n) is 2.54. The molecule has 0 saturated heterocycles. The van der Waals surface area contributed by atoms with Crippen molar-refractivity contribution in [3.63, 3.8) is 0 Å². The summed E-state index contributed by atoms with van der Waals surface area (Å²) in [6, 6.07) is 6.02. The van der Waals surface area contributed by atoms with Gasteiger partial charge in [0.05, 0.1) is 17.3 Å². The minimum Gasteiger partial charge on any atom is -0.389 e. The van der Waals surface area contributed by atoms with Crippen molar-refractivity contribution < 1.29 is 5.11 Å². The molecule has 104 valence electrons. The number of hydrogen-bond donors (Lipinski definition) is 2. The molecular formula is C15H23N3O. The van der Waals surface area contributed by atoms with Crippen LogP contribution in [0.5, 0.6) is 0 Å². The van der Waals surface area contributed by atoms with E-state index in [-0.39, 0.29) is 0 Å². The quantitative estimate of drug-likeness (QED) is 0.838. The number of nitrogens with one attached hydrogen (secondary N) is 1. The fraction of sp³-hybridized carbons (Fsp3) is 0.533. The Balaban J connectivity index is 1.92. The molecule has 0 amide bonds. The molecule has 4 heteroatoms. The van der Waals surface area contributed by atoms with Crippen LogP contribution < -0.4 is 5.32 Å². The first-order valence-electron chi connectivity index (χ1n) is 6.82. The fourth-order valence-corrected chi connectivity index (χ4v) is 2.54. The predicted octanol–water partition coefficient (Wildman–Crippen LogP) is 2.22. The number of fused-ring (bicyclic) bond motifs is 1. The Bertz CT molecular complexity index is 531. The van der Waals surface area contributed by atoms with Crippen LogP contribution in [0.4, 0.5) is 0 Å². The van der Waals surface area contributed by atoms with E-state index in [0.29, 0.717) is 12.5 Å². The second-order valence-electron chi connectivity index (χ2n) is 5.90. The first-order chi connectivity index (χ1) is 8.98. The second-order valence-corrected chi connectivity index (χ2v) is 5.90. The molecule has 4 nitrogen and oxygen atoms in total. The van der Waals surface area contributed by atoms with Crippen molar-refractivity contribution in [2.45, 2.75) is 39.3 Å². The minimum absolute atomic E-state index is 0.494. The highest BCUT2D eigenvalue weighted by Crippen LogP contribution is 2.16. The number of pyridine rings is 1. The molecule has 0 fully saturated rings. The summed E-state index contributed by atoms with van der Waals surface area (Å²) in [6.07, 6.45) is 4.61. The Kier molecular flexibility index (Phi) is 4.22. The molecule has 1 unspecified atom stereocenters. The van der Waals surface area contributed by atoms with Gasteiger partial charge in [0, 0.05) is 24.8 Å². The monoisotopic (exact) mass is 261 g/mol. The third-order valence-corrected chi connectivity index (χ3v) is 3.18. The highest BCUT2D eigenvalue weighted by Gasteiger charge is 2.21. The SMILES string of the molecule is CC(C)CC(C)(O)CNCc1cnn2ccccc12. The molecular weight excluding hydrogens is 238 g/mol. The number of hydrogen-bond acceptors (Lipinski definition) is 3. The third-order valence-electron chi connectivity index (χ3n) is 3.18. The summed E-state index contributed by atoms with van der Waals surface area (Å²) in [4.78, 5) is 0. The topological polar surface area (TPSA) is 49.6 Å². The van der Waals surface area contributed by atoms with Crippen LogP contribution in [0.3, 0.4) is 0 Å². The van der Waals surface area contributed by atoms with Crippen molar-refractivity contribution in [3.05, 3.63) is 36.2 Å². The molecule has 2 aromatic heterocycles. The van der Waals surface area contributed by atoms with Gasteiger partial charge in [0.2, 0.25) is 0 Å². The molecule has 19 heavy (non-hydrogen) atoms. The van der Waals surface area contributed by atoms with Gasteiger partial charge in [-0.05, 0) is 31.4 Å². The maximum atomic E-state index is 10.2. The zero-order chi connectivity index (χ0) is 13.9. The average Bonchev–Trinajstić information content (AvgIpc) is 2.71. The summed E-state index contributed by atoms with van der Waals surface area (Å²) in [6.45, 7) is 7.45. The molecule has 0 saturated carbocycles. The smallest absolute Gasteiger partial charge is 0.0746 e. The van der Waals surface area contributed by atoms with Gasteiger partial charge < -0.3 is 10.4 Å². The van der Waals surface area contributed by atoms with Gasteiger partial charge >= 0.3 is 0 Å². The Morgan fingerprint density at radius 1 is 1.42 bits per heavy atom. The molecule has 2 N–H and O–H groups in total. The molecule has 2 aromatic rings. The van der Waals surface area contributed by atoms with E-state index in [1.54, 1.807) is 0 Å². The highest BCUT2D eigenvalue weighted by atomic mass is 16.3. The maximum absolute atomic E-state index is 10.2. The van der Waals surface area contributed by atoms with Crippen LogP contribution in [-0.4, -0.2) is 26.9 Å². The van der Waals surface area contributed by atoms with E-state index in [2.05, 4.69) is 30.3 Å². The number of aliphatic hydroxyl groups is 1. The second kappa shape index (κ2) is 5.72. The molecule has 0 bridgehead atoms. The van der Waals surface area contributed by atoms with Crippen molar-refractivity contribution in [1.29, 1.82) is 0 Å². The molecule has 1 atom stereocenters. The largest absolute Gasteiger partial charge is 0.389 e. The summed E-state index contributed by atoms with van der Waals surface area (Å²) in [5.41, 5.74) is 1.61. The van der Waals surface area contributed by atoms with Crippen LogP contribution in [0.25, 0.3) is 5.52 Å². The molecule has 0 aliphatic rings. The summed E-state index contributed by atoms with van der Waals surface area (Å²) >= 11 is 0. The lowest BCUT2D eigenvalue weighted by Gasteiger charge is -2.25. The lowest BCUT2D eigenvalue weighted by molar-refractivity contribution is 0.0383. The van der Waals surface area contributed by atoms with Crippen LogP contribution >= 0.6 is 0 Å². The summed E-state index contributed by atoms with van der Waals surface area (Å²) < 4.78 is 1.86. The molecule has 0 aromatic carbocycles. The van der Waals surface area contributed by atoms with Crippen molar-refractivity contribution in [2.24, 2.45) is 5.92 Å². The normalized spacial score (nSPS) is 15.0. The Hall–Kier alpha value is -1.39. The van der Waals surface area contributed by atoms with E-state index >= 15 is 0 Å². The van der Waals surface area contributed by atoms with Gasteiger partial charge in [-0.1, -0.05) is 19.9 Å². The molecule has 0 aliphatic heterocycles. The van der Waals surface area contributed by atoms with Gasteiger partial charge in [0.1, 0.15) is 0 Å². The first kappa shape index (κ1) is 14.0. The number of nitrogens with zero attached hydrogens (tertiary/aromatic N) is 2. The van der Waals surface area contributed by atoms with Gasteiger partial charge in [-0.15, -0.1) is 0 Å². The van der Waals surface area contributed by atoms with Crippen molar-refractivity contribution in [1.82, 2.24) is 14.9 Å². The average molecular weight is 261 g/mol. The number of rotatable bonds is 6. The molecule has 2 heterocycles. The zero-order valence-electron chi connectivity index (χ0n) is 11.9. The van der Waals surface area contributed by atoms with Gasteiger partial charge in [-0.3, -0.25) is 0 Å². The lowest BCUT2D eigenvalue weighted by atomic mass is 9.94. The maximum Gasteiger partial charge on any atom is 0.0746 e. The Morgan fingerprint density at radius 3 is 2.95 bits per heavy atom. The third kappa shape index (κ3) is 3.78. The standard InChI is InChI=1S/C15H23N3O/c1-12(2)8-15(3,19)11-16-9-13-10-17-18-7-5-4-6-14(13)18/h4-7,10,12,16,19H,8-9,11H2,1-3H3. The summed E-state index contributed by atoms with van der Waals surface area (Å²) in [5.74, 6) is 0.494. The van der Waals surface area contributed by atoms with Gasteiger partial charge in [0.15, 0.2) is 0 Å². The van der Waals surface area contributed by atoms with Gasteiger partial charge in [-0.2, -0.15) is 5.10 Å². The van der Waals surface area contributed by atoms with Crippen LogP contribution in [-0.2, 0) is 6.54 Å². The van der Waals surface area contributed by atoms with Crippen molar-refractivity contribution in [3.8, 4) is 0 Å². The minimum atomic E-state index is -0.656. The van der Waals surface area contributed by atoms with Crippen LogP contribution in [0.15, 0.2) is 30.6 Å². The summed E-state index contributed by atoms with van der Waals surface area (Å²) in [5, 5.41) is 17.9. The molecule has 0 aliphatic carbocycles. The van der Waals surface area contributed by atoms with E-state index in [9.17, 15) is 5.11 Å². The molecule has 0 radical (unpaired) electrons. The van der Waals surface area contributed by atoms with Crippen LogP contribution in [0.2, 0.25) is 0 Å². The van der Waals surface area contributed by atoms with Crippen molar-refractivity contribution >= 4 is 5.52 Å². The number of aromatic nitrogens is 2. The van der Waals surface area contributed by atoms with Gasteiger partial charge in [0.25, 0.3) is 0 Å². The Morgan fingerprint density at radius 2 is 2.21 bits per heavy atom. The van der Waals surface area contributed by atoms with E-state index in [1.165, 1.54) is 0 Å². The first-order valence-corrected chi connectivity index (χ1v) is 6.82. The molecule has 0 spiro atoms. The van der Waals surface area contributed by atoms with E-state index in [0.717, 1.165) is 24.0 Å². The lowest BCUT2D eigenvalue weighted by Crippen LogP contribution is -2.38. The van der Waals surface area contributed by atoms with E-state index in [4.69, 9.17) is 0 Å². The van der Waals surface area contributed by atoms with E-state index < -0.39 is 5.60 Å². The van der Waals surface area contributed by atoms with Crippen molar-refractivity contribution in [2.75, 3.05) is 6.54 Å².